The van der Waals surface area contributed by atoms with Crippen molar-refractivity contribution in [3.05, 3.63) is 77.3 Å². The second-order valence-corrected chi connectivity index (χ2v) is 10.1. The van der Waals surface area contributed by atoms with E-state index >= 15 is 0 Å². The van der Waals surface area contributed by atoms with Gasteiger partial charge in [0.15, 0.2) is 0 Å². The van der Waals surface area contributed by atoms with Crippen LogP contribution in [0.3, 0.4) is 0 Å². The Morgan fingerprint density at radius 3 is 2.53 bits per heavy atom. The number of halogens is 1. The van der Waals surface area contributed by atoms with Gasteiger partial charge < -0.3 is 9.88 Å². The van der Waals surface area contributed by atoms with E-state index in [9.17, 15) is 13.2 Å². The number of nitrogens with one attached hydrogen (secondary N) is 1. The summed E-state index contributed by atoms with van der Waals surface area (Å²) in [5.41, 5.74) is 2.07. The maximum atomic E-state index is 13.2. The van der Waals surface area contributed by atoms with Crippen LogP contribution in [0.4, 0.5) is 0 Å². The molecule has 7 nitrogen and oxygen atoms in total. The minimum atomic E-state index is -3.76. The number of benzene rings is 2. The van der Waals surface area contributed by atoms with Crippen LogP contribution in [-0.4, -0.2) is 41.3 Å². The number of carbonyl (C=O) groups is 1. The van der Waals surface area contributed by atoms with E-state index in [2.05, 4.69) is 10.3 Å². The summed E-state index contributed by atoms with van der Waals surface area (Å²) < 4.78 is 29.7. The molecule has 9 heteroatoms. The highest BCUT2D eigenvalue weighted by Crippen LogP contribution is 2.28. The average Bonchev–Trinajstić information content (AvgIpc) is 3.19. The normalized spacial score (nSPS) is 15.3. The Morgan fingerprint density at radius 1 is 1.06 bits per heavy atom. The first kappa shape index (κ1) is 22.5. The van der Waals surface area contributed by atoms with E-state index in [1.807, 2.05) is 35.0 Å². The van der Waals surface area contributed by atoms with E-state index in [4.69, 9.17) is 11.6 Å². The molecule has 2 heterocycles. The van der Waals surface area contributed by atoms with Crippen molar-refractivity contribution < 1.29 is 13.2 Å². The zero-order valence-corrected chi connectivity index (χ0v) is 19.1. The fourth-order valence-corrected chi connectivity index (χ4v) is 5.87. The summed E-state index contributed by atoms with van der Waals surface area (Å²) in [6, 6.07) is 12.1. The molecule has 1 amide bonds. The minimum Gasteiger partial charge on any atom is -0.348 e. The molecule has 2 aromatic carbocycles. The maximum Gasteiger partial charge on any atom is 0.251 e. The highest BCUT2D eigenvalue weighted by molar-refractivity contribution is 7.89. The van der Waals surface area contributed by atoms with Gasteiger partial charge >= 0.3 is 0 Å². The molecular formula is C23H25ClN4O3S. The predicted octanol–water partition coefficient (Wildman–Crippen LogP) is 4.02. The van der Waals surface area contributed by atoms with Crippen LogP contribution in [0, 0.1) is 0 Å². The van der Waals surface area contributed by atoms with Crippen LogP contribution in [0.5, 0.6) is 0 Å². The third-order valence-electron chi connectivity index (χ3n) is 5.59. The number of sulfonamides is 1. The number of hydrogen-bond acceptors (Lipinski definition) is 4. The number of nitrogens with zero attached hydrogens (tertiary/aromatic N) is 3. The number of hydrogen-bond donors (Lipinski definition) is 1. The summed E-state index contributed by atoms with van der Waals surface area (Å²) in [6.07, 6.45) is 8.90. The third-order valence-corrected chi connectivity index (χ3v) is 7.97. The lowest BCUT2D eigenvalue weighted by molar-refractivity contribution is 0.0950. The summed E-state index contributed by atoms with van der Waals surface area (Å²) >= 11 is 6.25. The van der Waals surface area contributed by atoms with Crippen LogP contribution in [0.2, 0.25) is 5.02 Å². The molecule has 0 spiro atoms. The summed E-state index contributed by atoms with van der Waals surface area (Å²) in [6.45, 7) is 1.23. The summed E-state index contributed by atoms with van der Waals surface area (Å²) in [5, 5.41) is 3.00. The molecule has 1 saturated heterocycles. The van der Waals surface area contributed by atoms with E-state index in [1.165, 1.54) is 16.4 Å². The average molecular weight is 473 g/mol. The molecule has 1 aliphatic rings. The van der Waals surface area contributed by atoms with Crippen molar-refractivity contribution in [3.63, 3.8) is 0 Å². The zero-order valence-electron chi connectivity index (χ0n) is 17.6. The van der Waals surface area contributed by atoms with Gasteiger partial charge in [-0.1, -0.05) is 42.6 Å². The van der Waals surface area contributed by atoms with Gasteiger partial charge in [-0.25, -0.2) is 13.4 Å². The Hall–Kier alpha value is -2.68. The number of carbonyl (C=O) groups excluding carboxylic acids is 1. The topological polar surface area (TPSA) is 84.3 Å². The highest BCUT2D eigenvalue weighted by atomic mass is 35.5. The Kier molecular flexibility index (Phi) is 6.93. The van der Waals surface area contributed by atoms with Gasteiger partial charge in [-0.3, -0.25) is 4.79 Å². The first-order valence-corrected chi connectivity index (χ1v) is 12.4. The predicted molar refractivity (Wildman–Crippen MR) is 123 cm³/mol. The van der Waals surface area contributed by atoms with Gasteiger partial charge in [0.2, 0.25) is 10.0 Å². The molecule has 0 aliphatic carbocycles. The first-order chi connectivity index (χ1) is 15.5. The number of imidazole rings is 1. The molecule has 1 aromatic heterocycles. The first-order valence-electron chi connectivity index (χ1n) is 10.6. The molecule has 4 rings (SSSR count). The summed E-state index contributed by atoms with van der Waals surface area (Å²) in [4.78, 5) is 16.9. The molecule has 0 saturated carbocycles. The molecule has 32 heavy (non-hydrogen) atoms. The van der Waals surface area contributed by atoms with E-state index in [1.54, 1.807) is 18.6 Å². The lowest BCUT2D eigenvalue weighted by atomic mass is 10.1. The fraction of sp³-hybridized carbons (Fsp3) is 0.304. The lowest BCUT2D eigenvalue weighted by Gasteiger charge is -2.21. The number of para-hydroxylation sites is 1. The standard InChI is InChI=1S/C23H25ClN4O3S/c24-20-10-9-18(15-22(20)32(30,31)28-12-5-1-2-6-13-28)23(29)26-16-19-7-3-4-8-21(19)27-14-11-25-17-27/h3-4,7-11,14-15,17H,1-2,5-6,12-13,16H2,(H,26,29). The zero-order chi connectivity index (χ0) is 22.6. The van der Waals surface area contributed by atoms with Crippen molar-refractivity contribution in [1.82, 2.24) is 19.2 Å². The summed E-state index contributed by atoms with van der Waals surface area (Å²) in [5.74, 6) is -0.366. The smallest absolute Gasteiger partial charge is 0.251 e. The number of amides is 1. The van der Waals surface area contributed by atoms with Crippen LogP contribution in [0.25, 0.3) is 5.69 Å². The van der Waals surface area contributed by atoms with E-state index in [0.29, 0.717) is 13.1 Å². The Labute approximate surface area is 193 Å². The third kappa shape index (κ3) is 4.87. The molecule has 1 N–H and O–H groups in total. The van der Waals surface area contributed by atoms with Gasteiger partial charge in [0.05, 0.1) is 17.0 Å². The monoisotopic (exact) mass is 472 g/mol. The van der Waals surface area contributed by atoms with Crippen LogP contribution < -0.4 is 5.32 Å². The van der Waals surface area contributed by atoms with E-state index in [-0.39, 0.29) is 27.9 Å². The molecule has 1 fully saturated rings. The van der Waals surface area contributed by atoms with Crippen molar-refractivity contribution in [3.8, 4) is 5.69 Å². The van der Waals surface area contributed by atoms with Crippen molar-refractivity contribution in [1.29, 1.82) is 0 Å². The Balaban J connectivity index is 1.53. The van der Waals surface area contributed by atoms with E-state index < -0.39 is 10.0 Å². The van der Waals surface area contributed by atoms with Crippen LogP contribution in [-0.2, 0) is 16.6 Å². The van der Waals surface area contributed by atoms with E-state index in [0.717, 1.165) is 36.9 Å². The second-order valence-electron chi connectivity index (χ2n) is 7.74. The molecule has 3 aromatic rings. The second kappa shape index (κ2) is 9.85. The molecule has 1 aliphatic heterocycles. The maximum absolute atomic E-state index is 13.2. The molecule has 0 bridgehead atoms. The molecule has 0 unspecified atom stereocenters. The molecule has 168 valence electrons. The van der Waals surface area contributed by atoms with Gasteiger partial charge in [-0.05, 0) is 42.7 Å². The quantitative estimate of drug-likeness (QED) is 0.587. The Bertz CT molecular complexity index is 1190. The van der Waals surface area contributed by atoms with Gasteiger partial charge in [-0.15, -0.1) is 0 Å². The summed E-state index contributed by atoms with van der Waals surface area (Å²) in [7, 11) is -3.76. The lowest BCUT2D eigenvalue weighted by Crippen LogP contribution is -2.32. The molecule has 0 radical (unpaired) electrons. The largest absolute Gasteiger partial charge is 0.348 e. The van der Waals surface area contributed by atoms with Crippen molar-refractivity contribution >= 4 is 27.5 Å². The van der Waals surface area contributed by atoms with Gasteiger partial charge in [0.1, 0.15) is 4.90 Å². The number of aromatic nitrogens is 2. The minimum absolute atomic E-state index is 0.0208. The molecule has 0 atom stereocenters. The van der Waals surface area contributed by atoms with Crippen molar-refractivity contribution in [2.75, 3.05) is 13.1 Å². The fourth-order valence-electron chi connectivity index (χ4n) is 3.85. The highest BCUT2D eigenvalue weighted by Gasteiger charge is 2.28. The number of rotatable bonds is 6. The SMILES string of the molecule is O=C(NCc1ccccc1-n1ccnc1)c1ccc(Cl)c(S(=O)(=O)N2CCCCCC2)c1. The van der Waals surface area contributed by atoms with Crippen molar-refractivity contribution in [2.45, 2.75) is 37.1 Å². The van der Waals surface area contributed by atoms with Gasteiger partial charge in [0, 0.05) is 37.6 Å². The van der Waals surface area contributed by atoms with Crippen LogP contribution in [0.1, 0.15) is 41.6 Å². The van der Waals surface area contributed by atoms with Gasteiger partial charge in [0.25, 0.3) is 5.91 Å². The van der Waals surface area contributed by atoms with Crippen LogP contribution in [0.15, 0.2) is 66.1 Å². The van der Waals surface area contributed by atoms with Crippen LogP contribution >= 0.6 is 11.6 Å². The molecular weight excluding hydrogens is 448 g/mol. The van der Waals surface area contributed by atoms with Crippen molar-refractivity contribution in [2.24, 2.45) is 0 Å². The Morgan fingerprint density at radius 2 is 1.81 bits per heavy atom. The van der Waals surface area contributed by atoms with Gasteiger partial charge in [-0.2, -0.15) is 4.31 Å².